The summed E-state index contributed by atoms with van der Waals surface area (Å²) in [5.74, 6) is -3.45. The lowest BCUT2D eigenvalue weighted by molar-refractivity contribution is -0.138. The number of rotatable bonds is 6. The number of methoxy groups -OCH3 is 2. The number of amides is 2. The first kappa shape index (κ1) is 18.8. The van der Waals surface area contributed by atoms with E-state index in [1.807, 2.05) is 10.9 Å². The van der Waals surface area contributed by atoms with Gasteiger partial charge in [-0.3, -0.25) is 31.3 Å². The first-order chi connectivity index (χ1) is 12.5. The molecule has 0 atom stereocenters. The number of hydrogen-bond donors (Lipinski definition) is 4. The number of para-hydroxylation sites is 2. The van der Waals surface area contributed by atoms with Gasteiger partial charge in [-0.2, -0.15) is 0 Å². The zero-order valence-corrected chi connectivity index (χ0v) is 13.9. The third kappa shape index (κ3) is 4.29. The van der Waals surface area contributed by atoms with Crippen LogP contribution in [0.1, 0.15) is 0 Å². The monoisotopic (exact) mass is 366 g/mol. The minimum atomic E-state index is -1.15. The number of benzene rings is 2. The minimum absolute atomic E-state index is 0.125. The Balaban J connectivity index is 1.96. The van der Waals surface area contributed by atoms with Gasteiger partial charge in [-0.1, -0.05) is 12.1 Å². The van der Waals surface area contributed by atoms with Gasteiger partial charge in [0.1, 0.15) is 22.9 Å². The second kappa shape index (κ2) is 8.51. The van der Waals surface area contributed by atoms with Crippen LogP contribution in [0.25, 0.3) is 0 Å². The van der Waals surface area contributed by atoms with Crippen molar-refractivity contribution in [3.8, 4) is 11.5 Å². The zero-order valence-electron chi connectivity index (χ0n) is 13.9. The molecule has 8 nitrogen and oxygen atoms in total. The molecule has 0 aliphatic rings. The Bertz CT molecular complexity index is 749. The number of hydrogen-bond acceptors (Lipinski definition) is 6. The fourth-order valence-electron chi connectivity index (χ4n) is 1.94. The molecule has 26 heavy (non-hydrogen) atoms. The molecular formula is C16H16F2N4O4. The van der Waals surface area contributed by atoms with Crippen LogP contribution in [-0.2, 0) is 9.59 Å². The van der Waals surface area contributed by atoms with E-state index in [9.17, 15) is 18.4 Å². The molecular weight excluding hydrogens is 350 g/mol. The standard InChI is InChI=1S/C16H16F2N4O4/c1-25-11-7-3-5-9(17)13(11)19-21-15(23)16(24)22-20-14-10(18)6-4-8-12(14)26-2/h3-8,19-20H,1-2H3,(H,21,23)(H,22,24). The summed E-state index contributed by atoms with van der Waals surface area (Å²) in [5.41, 5.74) is 8.23. The third-order valence-electron chi connectivity index (χ3n) is 3.20. The topological polar surface area (TPSA) is 101 Å². The molecule has 0 spiro atoms. The fraction of sp³-hybridized carbons (Fsp3) is 0.125. The fourth-order valence-corrected chi connectivity index (χ4v) is 1.94. The lowest BCUT2D eigenvalue weighted by atomic mass is 10.3. The van der Waals surface area contributed by atoms with Crippen LogP contribution in [0, 0.1) is 11.6 Å². The molecule has 2 aromatic rings. The van der Waals surface area contributed by atoms with E-state index >= 15 is 0 Å². The molecule has 0 saturated carbocycles. The van der Waals surface area contributed by atoms with Crippen molar-refractivity contribution in [3.05, 3.63) is 48.0 Å². The molecule has 0 aliphatic carbocycles. The van der Waals surface area contributed by atoms with Crippen LogP contribution in [0.5, 0.6) is 11.5 Å². The van der Waals surface area contributed by atoms with Gasteiger partial charge in [0.2, 0.25) is 0 Å². The molecule has 0 aliphatic heterocycles. The van der Waals surface area contributed by atoms with Crippen LogP contribution >= 0.6 is 0 Å². The van der Waals surface area contributed by atoms with Crippen molar-refractivity contribution in [1.82, 2.24) is 10.9 Å². The van der Waals surface area contributed by atoms with Crippen LogP contribution < -0.4 is 31.2 Å². The van der Waals surface area contributed by atoms with Crippen molar-refractivity contribution in [2.45, 2.75) is 0 Å². The van der Waals surface area contributed by atoms with E-state index < -0.39 is 23.4 Å². The Hall–Kier alpha value is -3.56. The number of hydrazine groups is 2. The maximum absolute atomic E-state index is 13.7. The average molecular weight is 366 g/mol. The van der Waals surface area contributed by atoms with E-state index in [1.54, 1.807) is 0 Å². The number of anilines is 2. The smallest absolute Gasteiger partial charge is 0.329 e. The first-order valence-corrected chi connectivity index (χ1v) is 7.25. The van der Waals surface area contributed by atoms with Crippen molar-refractivity contribution in [2.75, 3.05) is 25.1 Å². The van der Waals surface area contributed by atoms with Gasteiger partial charge in [0.25, 0.3) is 0 Å². The van der Waals surface area contributed by atoms with E-state index in [4.69, 9.17) is 9.47 Å². The maximum atomic E-state index is 13.7. The van der Waals surface area contributed by atoms with Crippen molar-refractivity contribution in [2.24, 2.45) is 0 Å². The summed E-state index contributed by atoms with van der Waals surface area (Å²) in [6.45, 7) is 0. The van der Waals surface area contributed by atoms with Gasteiger partial charge in [0.05, 0.1) is 14.2 Å². The largest absolute Gasteiger partial charge is 0.494 e. The van der Waals surface area contributed by atoms with E-state index in [0.717, 1.165) is 12.1 Å². The highest BCUT2D eigenvalue weighted by Crippen LogP contribution is 2.26. The Morgan fingerprint density at radius 2 is 1.15 bits per heavy atom. The molecule has 0 unspecified atom stereocenters. The second-order valence-electron chi connectivity index (χ2n) is 4.79. The third-order valence-corrected chi connectivity index (χ3v) is 3.20. The normalized spacial score (nSPS) is 9.85. The van der Waals surface area contributed by atoms with Crippen molar-refractivity contribution in [1.29, 1.82) is 0 Å². The van der Waals surface area contributed by atoms with Gasteiger partial charge >= 0.3 is 11.8 Å². The Morgan fingerprint density at radius 1 is 0.769 bits per heavy atom. The number of carbonyl (C=O) groups is 2. The molecule has 4 N–H and O–H groups in total. The molecule has 2 amide bonds. The summed E-state index contributed by atoms with van der Waals surface area (Å²) in [6.07, 6.45) is 0. The molecule has 2 rings (SSSR count). The van der Waals surface area contributed by atoms with Gasteiger partial charge in [-0.25, -0.2) is 8.78 Å². The van der Waals surface area contributed by atoms with Crippen molar-refractivity contribution < 1.29 is 27.8 Å². The highest BCUT2D eigenvalue weighted by Gasteiger charge is 2.17. The lowest BCUT2D eigenvalue weighted by Gasteiger charge is -2.14. The highest BCUT2D eigenvalue weighted by molar-refractivity contribution is 6.35. The Morgan fingerprint density at radius 3 is 1.50 bits per heavy atom. The molecule has 10 heteroatoms. The number of carbonyl (C=O) groups excluding carboxylic acids is 2. The summed E-state index contributed by atoms with van der Waals surface area (Å²) in [6, 6.07) is 8.04. The Kier molecular flexibility index (Phi) is 6.15. The molecule has 0 heterocycles. The quantitative estimate of drug-likeness (QED) is 0.457. The highest BCUT2D eigenvalue weighted by atomic mass is 19.1. The van der Waals surface area contributed by atoms with Gasteiger partial charge < -0.3 is 9.47 Å². The first-order valence-electron chi connectivity index (χ1n) is 7.25. The Labute approximate surface area is 147 Å². The van der Waals surface area contributed by atoms with Crippen LogP contribution in [-0.4, -0.2) is 26.0 Å². The SMILES string of the molecule is COc1cccc(F)c1NNC(=O)C(=O)NNc1c(F)cccc1OC. The maximum Gasteiger partial charge on any atom is 0.329 e. The predicted octanol–water partition coefficient (Wildman–Crippen LogP) is 1.57. The summed E-state index contributed by atoms with van der Waals surface area (Å²) < 4.78 is 37.3. The number of nitrogens with one attached hydrogen (secondary N) is 4. The van der Waals surface area contributed by atoms with E-state index in [1.165, 1.54) is 38.5 Å². The lowest BCUT2D eigenvalue weighted by Crippen LogP contribution is -2.44. The molecule has 0 aromatic heterocycles. The number of ether oxygens (including phenoxy) is 2. The van der Waals surface area contributed by atoms with Gasteiger partial charge in [0.15, 0.2) is 11.6 Å². The second-order valence-corrected chi connectivity index (χ2v) is 4.79. The van der Waals surface area contributed by atoms with E-state index in [2.05, 4.69) is 10.9 Å². The molecule has 138 valence electrons. The van der Waals surface area contributed by atoms with Crippen LogP contribution in [0.2, 0.25) is 0 Å². The average Bonchev–Trinajstić information content (AvgIpc) is 2.64. The summed E-state index contributed by atoms with van der Waals surface area (Å²) in [4.78, 5) is 23.5. The van der Waals surface area contributed by atoms with Crippen LogP contribution in [0.4, 0.5) is 20.2 Å². The van der Waals surface area contributed by atoms with Gasteiger partial charge in [-0.05, 0) is 24.3 Å². The minimum Gasteiger partial charge on any atom is -0.494 e. The van der Waals surface area contributed by atoms with Gasteiger partial charge in [-0.15, -0.1) is 0 Å². The predicted molar refractivity (Wildman–Crippen MR) is 89.4 cm³/mol. The molecule has 0 saturated heterocycles. The summed E-state index contributed by atoms with van der Waals surface area (Å²) >= 11 is 0. The number of halogens is 2. The van der Waals surface area contributed by atoms with Crippen LogP contribution in [0.15, 0.2) is 36.4 Å². The van der Waals surface area contributed by atoms with Gasteiger partial charge in [0, 0.05) is 0 Å². The van der Waals surface area contributed by atoms with Crippen LogP contribution in [0.3, 0.4) is 0 Å². The van der Waals surface area contributed by atoms with Crippen molar-refractivity contribution in [3.63, 3.8) is 0 Å². The molecule has 2 aromatic carbocycles. The van der Waals surface area contributed by atoms with E-state index in [0.29, 0.717) is 0 Å². The molecule has 0 radical (unpaired) electrons. The zero-order chi connectivity index (χ0) is 19.1. The van der Waals surface area contributed by atoms with Crippen molar-refractivity contribution >= 4 is 23.2 Å². The van der Waals surface area contributed by atoms with E-state index in [-0.39, 0.29) is 22.9 Å². The summed E-state index contributed by atoms with van der Waals surface area (Å²) in [7, 11) is 2.64. The molecule has 0 fully saturated rings. The molecule has 0 bridgehead atoms. The summed E-state index contributed by atoms with van der Waals surface area (Å²) in [5, 5.41) is 0.